The van der Waals surface area contributed by atoms with Gasteiger partial charge in [-0.3, -0.25) is 4.79 Å². The molecule has 1 heterocycles. The first-order chi connectivity index (χ1) is 7.22. The number of nitrogens with zero attached hydrogens (tertiary/aromatic N) is 1. The van der Waals surface area contributed by atoms with Crippen LogP contribution >= 0.6 is 11.6 Å². The number of hydrogen-bond donors (Lipinski definition) is 1. The van der Waals surface area contributed by atoms with Gasteiger partial charge >= 0.3 is 0 Å². The maximum Gasteiger partial charge on any atom is 0.201 e. The first kappa shape index (κ1) is 9.73. The molecule has 0 bridgehead atoms. The van der Waals surface area contributed by atoms with Gasteiger partial charge in [0.2, 0.25) is 5.43 Å². The minimum atomic E-state index is -0.281. The van der Waals surface area contributed by atoms with Crippen LogP contribution in [0.3, 0.4) is 0 Å². The van der Waals surface area contributed by atoms with Crippen molar-refractivity contribution in [3.8, 4) is 0 Å². The van der Waals surface area contributed by atoms with Crippen molar-refractivity contribution in [2.45, 2.75) is 0 Å². The highest BCUT2D eigenvalue weighted by Crippen LogP contribution is 2.16. The zero-order valence-corrected chi connectivity index (χ0v) is 8.23. The zero-order valence-electron chi connectivity index (χ0n) is 7.48. The van der Waals surface area contributed by atoms with Crippen LogP contribution < -0.4 is 5.43 Å². The predicted octanol–water partition coefficient (Wildman–Crippen LogP) is 2.25. The van der Waals surface area contributed by atoms with Crippen LogP contribution in [0.25, 0.3) is 11.0 Å². The lowest BCUT2D eigenvalue weighted by atomic mass is 10.2. The highest BCUT2D eigenvalue weighted by molar-refractivity contribution is 6.31. The Bertz CT molecular complexity index is 589. The third-order valence-corrected chi connectivity index (χ3v) is 2.19. The van der Waals surface area contributed by atoms with Gasteiger partial charge in [0.25, 0.3) is 0 Å². The van der Waals surface area contributed by atoms with Gasteiger partial charge < -0.3 is 9.62 Å². The van der Waals surface area contributed by atoms with Crippen LogP contribution in [0, 0.1) is 0 Å². The Morgan fingerprint density at radius 1 is 1.47 bits per heavy atom. The molecule has 1 N–H and O–H groups in total. The van der Waals surface area contributed by atoms with E-state index in [-0.39, 0.29) is 11.0 Å². The molecule has 0 unspecified atom stereocenters. The topological polar surface area (TPSA) is 62.8 Å². The third-order valence-electron chi connectivity index (χ3n) is 1.96. The molecule has 0 saturated heterocycles. The highest BCUT2D eigenvalue weighted by Gasteiger charge is 2.05. The van der Waals surface area contributed by atoms with Crippen molar-refractivity contribution in [2.75, 3.05) is 0 Å². The molecule has 4 nitrogen and oxygen atoms in total. The fourth-order valence-electron chi connectivity index (χ4n) is 1.27. The Labute approximate surface area is 89.4 Å². The number of hydrogen-bond acceptors (Lipinski definition) is 4. The summed E-state index contributed by atoms with van der Waals surface area (Å²) < 4.78 is 5.17. The van der Waals surface area contributed by atoms with Gasteiger partial charge in [-0.25, -0.2) is 0 Å². The molecule has 0 aliphatic rings. The van der Waals surface area contributed by atoms with E-state index in [2.05, 4.69) is 5.16 Å². The van der Waals surface area contributed by atoms with Gasteiger partial charge in [0, 0.05) is 5.02 Å². The highest BCUT2D eigenvalue weighted by atomic mass is 35.5. The average Bonchev–Trinajstić information content (AvgIpc) is 2.23. The predicted molar refractivity (Wildman–Crippen MR) is 56.9 cm³/mol. The molecule has 1 aromatic carbocycles. The van der Waals surface area contributed by atoms with E-state index in [0.717, 1.165) is 6.21 Å². The van der Waals surface area contributed by atoms with Gasteiger partial charge in [-0.1, -0.05) is 16.8 Å². The molecule has 0 fully saturated rings. The first-order valence-corrected chi connectivity index (χ1v) is 4.48. The zero-order chi connectivity index (χ0) is 10.8. The lowest BCUT2D eigenvalue weighted by Gasteiger charge is -1.97. The molecule has 2 rings (SSSR count). The molecular formula is C10H6ClNO3. The molecule has 5 heteroatoms. The maximum absolute atomic E-state index is 11.7. The molecule has 0 amide bonds. The van der Waals surface area contributed by atoms with Gasteiger partial charge in [0.15, 0.2) is 0 Å². The van der Waals surface area contributed by atoms with Crippen molar-refractivity contribution in [1.82, 2.24) is 0 Å². The molecular weight excluding hydrogens is 218 g/mol. The molecule has 0 aliphatic heterocycles. The van der Waals surface area contributed by atoms with Crippen LogP contribution in [0.4, 0.5) is 0 Å². The van der Waals surface area contributed by atoms with Gasteiger partial charge in [-0.05, 0) is 18.2 Å². The summed E-state index contributed by atoms with van der Waals surface area (Å²) in [6.07, 6.45) is 2.25. The second kappa shape index (κ2) is 3.74. The van der Waals surface area contributed by atoms with Gasteiger partial charge in [-0.2, -0.15) is 0 Å². The molecule has 2 aromatic rings. The summed E-state index contributed by atoms with van der Waals surface area (Å²) in [5, 5.41) is 11.9. The van der Waals surface area contributed by atoms with Crippen molar-refractivity contribution in [3.63, 3.8) is 0 Å². The summed E-state index contributed by atoms with van der Waals surface area (Å²) in [4.78, 5) is 11.7. The number of oxime groups is 1. The van der Waals surface area contributed by atoms with E-state index in [4.69, 9.17) is 21.2 Å². The van der Waals surface area contributed by atoms with Crippen LogP contribution in [0.2, 0.25) is 5.02 Å². The summed E-state index contributed by atoms with van der Waals surface area (Å²) in [6, 6.07) is 4.75. The second-order valence-electron chi connectivity index (χ2n) is 2.91. The van der Waals surface area contributed by atoms with Crippen LogP contribution in [0.1, 0.15) is 5.56 Å². The maximum atomic E-state index is 11.7. The largest absolute Gasteiger partial charge is 0.463 e. The van der Waals surface area contributed by atoms with E-state index in [1.807, 2.05) is 0 Å². The molecule has 0 spiro atoms. The Hall–Kier alpha value is -1.81. The van der Waals surface area contributed by atoms with Gasteiger partial charge in [0.1, 0.15) is 11.8 Å². The SMILES string of the molecule is O=c1c(/C=N\O)coc2ccc(Cl)cc12. The normalized spacial score (nSPS) is 11.3. The van der Waals surface area contributed by atoms with Crippen molar-refractivity contribution in [1.29, 1.82) is 0 Å². The lowest BCUT2D eigenvalue weighted by molar-refractivity contribution is 0.321. The minimum absolute atomic E-state index is 0.173. The number of halogens is 1. The fraction of sp³-hybridized carbons (Fsp3) is 0. The summed E-state index contributed by atoms with van der Waals surface area (Å²) in [5.74, 6) is 0. The van der Waals surface area contributed by atoms with Crippen molar-refractivity contribution in [2.24, 2.45) is 5.16 Å². The summed E-state index contributed by atoms with van der Waals surface area (Å²) >= 11 is 5.76. The summed E-state index contributed by atoms with van der Waals surface area (Å²) in [5.41, 5.74) is 0.336. The summed E-state index contributed by atoms with van der Waals surface area (Å²) in [7, 11) is 0. The Morgan fingerprint density at radius 2 is 2.27 bits per heavy atom. The van der Waals surface area contributed by atoms with Gasteiger partial charge in [-0.15, -0.1) is 0 Å². The van der Waals surface area contributed by atoms with Crippen LogP contribution in [0.5, 0.6) is 0 Å². The van der Waals surface area contributed by atoms with Crippen LogP contribution in [0.15, 0.2) is 38.8 Å². The van der Waals surface area contributed by atoms with E-state index in [0.29, 0.717) is 16.0 Å². The minimum Gasteiger partial charge on any atom is -0.463 e. The quantitative estimate of drug-likeness (QED) is 0.458. The molecule has 0 radical (unpaired) electrons. The number of fused-ring (bicyclic) bond motifs is 1. The lowest BCUT2D eigenvalue weighted by Crippen LogP contribution is -2.07. The Morgan fingerprint density at radius 3 is 3.00 bits per heavy atom. The van der Waals surface area contributed by atoms with E-state index in [1.54, 1.807) is 12.1 Å². The molecule has 0 saturated carbocycles. The Kier molecular flexibility index (Phi) is 2.43. The number of rotatable bonds is 1. The first-order valence-electron chi connectivity index (χ1n) is 4.11. The molecule has 76 valence electrons. The fourth-order valence-corrected chi connectivity index (χ4v) is 1.44. The second-order valence-corrected chi connectivity index (χ2v) is 3.34. The van der Waals surface area contributed by atoms with E-state index in [9.17, 15) is 4.79 Å². The van der Waals surface area contributed by atoms with E-state index < -0.39 is 0 Å². The number of benzene rings is 1. The summed E-state index contributed by atoms with van der Waals surface area (Å²) in [6.45, 7) is 0. The van der Waals surface area contributed by atoms with Crippen molar-refractivity contribution < 1.29 is 9.62 Å². The molecule has 1 aromatic heterocycles. The van der Waals surface area contributed by atoms with Crippen LogP contribution in [-0.4, -0.2) is 11.4 Å². The molecule has 0 aliphatic carbocycles. The van der Waals surface area contributed by atoms with Crippen LogP contribution in [-0.2, 0) is 0 Å². The van der Waals surface area contributed by atoms with Crippen molar-refractivity contribution >= 4 is 28.8 Å². The van der Waals surface area contributed by atoms with Crippen molar-refractivity contribution in [3.05, 3.63) is 45.3 Å². The Balaban J connectivity index is 2.83. The molecule has 0 atom stereocenters. The van der Waals surface area contributed by atoms with E-state index >= 15 is 0 Å². The average molecular weight is 224 g/mol. The monoisotopic (exact) mass is 223 g/mol. The van der Waals surface area contributed by atoms with E-state index in [1.165, 1.54) is 12.3 Å². The van der Waals surface area contributed by atoms with Gasteiger partial charge in [0.05, 0.1) is 17.2 Å². The smallest absolute Gasteiger partial charge is 0.201 e. The molecule has 15 heavy (non-hydrogen) atoms. The standard InChI is InChI=1S/C10H6ClNO3/c11-7-1-2-9-8(3-7)10(13)6(4-12-14)5-15-9/h1-5,14H/b12-4-. The third kappa shape index (κ3) is 1.71.